The molecule has 1 aromatic carbocycles. The average molecular weight is 316 g/mol. The number of likely N-dealkylation sites (N-methyl/N-ethyl adjacent to an activating group) is 1. The molecule has 116 valence electrons. The van der Waals surface area contributed by atoms with Crippen LogP contribution in [0.3, 0.4) is 0 Å². The smallest absolute Gasteiger partial charge is 0.201 e. The third-order valence-corrected chi connectivity index (χ3v) is 4.99. The lowest BCUT2D eigenvalue weighted by molar-refractivity contribution is -0.119. The molecular weight excluding hydrogens is 296 g/mol. The van der Waals surface area contributed by atoms with Gasteiger partial charge in [0.1, 0.15) is 0 Å². The molecule has 5 heteroatoms. The molecule has 2 saturated heterocycles. The largest absolute Gasteiger partial charge is 0.304 e. The number of benzene rings is 1. The van der Waals surface area contributed by atoms with Crippen molar-refractivity contribution in [1.29, 1.82) is 0 Å². The summed E-state index contributed by atoms with van der Waals surface area (Å²) in [5, 5.41) is -0.0511. The molecule has 0 aromatic heterocycles. The Morgan fingerprint density at radius 1 is 1.18 bits per heavy atom. The molecule has 0 aliphatic carbocycles. The molecule has 2 fully saturated rings. The third-order valence-electron chi connectivity index (χ3n) is 4.05. The van der Waals surface area contributed by atoms with Crippen molar-refractivity contribution in [2.75, 3.05) is 33.2 Å². The molecule has 0 bridgehead atoms. The Balaban J connectivity index is 1.69. The Morgan fingerprint density at radius 2 is 1.95 bits per heavy atom. The number of allylic oxidation sites excluding steroid dienone is 1. The lowest BCUT2D eigenvalue weighted by Crippen LogP contribution is -2.43. The molecule has 0 unspecified atom stereocenters. The first-order valence-corrected chi connectivity index (χ1v) is 8.37. The maximum Gasteiger partial charge on any atom is 0.201 e. The molecule has 0 radical (unpaired) electrons. The van der Waals surface area contributed by atoms with Gasteiger partial charge in [-0.1, -0.05) is 24.3 Å². The molecule has 2 aliphatic heterocycles. The minimum atomic E-state index is -0.0560. The minimum absolute atomic E-state index is 0.0392. The van der Waals surface area contributed by atoms with E-state index in [-0.39, 0.29) is 17.3 Å². The molecule has 22 heavy (non-hydrogen) atoms. The van der Waals surface area contributed by atoms with Crippen LogP contribution in [0.1, 0.15) is 17.5 Å². The highest BCUT2D eigenvalue weighted by Gasteiger charge is 2.25. The number of carbonyl (C=O) groups excluding carboxylic acids is 2. The van der Waals surface area contributed by atoms with Crippen molar-refractivity contribution in [3.8, 4) is 0 Å². The van der Waals surface area contributed by atoms with Gasteiger partial charge >= 0.3 is 0 Å². The first-order valence-electron chi connectivity index (χ1n) is 7.55. The summed E-state index contributed by atoms with van der Waals surface area (Å²) in [6, 6.07) is 8.23. The van der Waals surface area contributed by atoms with Crippen molar-refractivity contribution in [2.45, 2.75) is 13.0 Å². The van der Waals surface area contributed by atoms with E-state index in [0.717, 1.165) is 50.0 Å². The Morgan fingerprint density at radius 3 is 2.64 bits per heavy atom. The maximum atomic E-state index is 11.7. The second kappa shape index (κ2) is 6.77. The van der Waals surface area contributed by atoms with Crippen molar-refractivity contribution in [2.24, 2.45) is 0 Å². The fraction of sp³-hybridized carbons (Fsp3) is 0.412. The van der Waals surface area contributed by atoms with Crippen LogP contribution in [0.4, 0.5) is 0 Å². The van der Waals surface area contributed by atoms with Crippen molar-refractivity contribution in [1.82, 2.24) is 9.80 Å². The van der Waals surface area contributed by atoms with E-state index in [2.05, 4.69) is 29.0 Å². The van der Waals surface area contributed by atoms with Gasteiger partial charge in [-0.15, -0.1) is 0 Å². The molecule has 3 rings (SSSR count). The van der Waals surface area contributed by atoms with E-state index in [0.29, 0.717) is 4.91 Å². The molecular formula is C17H20N2O2S. The van der Waals surface area contributed by atoms with E-state index in [1.54, 1.807) is 0 Å². The molecule has 2 heterocycles. The number of piperazine rings is 1. The van der Waals surface area contributed by atoms with Gasteiger partial charge in [0, 0.05) is 32.7 Å². The molecule has 1 aromatic rings. The van der Waals surface area contributed by atoms with E-state index in [9.17, 15) is 9.59 Å². The molecule has 0 N–H and O–H groups in total. The quantitative estimate of drug-likeness (QED) is 0.630. The number of hydrogen-bond donors (Lipinski definition) is 0. The van der Waals surface area contributed by atoms with Crippen molar-refractivity contribution in [3.05, 3.63) is 40.3 Å². The SMILES string of the molecule is CN1CCN(Cc2cccc(/C=C3\SC(=O)CC3=O)c2)CC1. The zero-order chi connectivity index (χ0) is 15.5. The van der Waals surface area contributed by atoms with Crippen LogP contribution >= 0.6 is 11.8 Å². The van der Waals surface area contributed by atoms with Gasteiger partial charge in [0.05, 0.1) is 11.3 Å². The third kappa shape index (κ3) is 3.85. The van der Waals surface area contributed by atoms with Crippen LogP contribution in [-0.4, -0.2) is 53.9 Å². The van der Waals surface area contributed by atoms with Crippen molar-refractivity contribution in [3.63, 3.8) is 0 Å². The zero-order valence-electron chi connectivity index (χ0n) is 12.7. The Hall–Kier alpha value is -1.43. The van der Waals surface area contributed by atoms with Crippen molar-refractivity contribution < 1.29 is 9.59 Å². The normalized spacial score (nSPS) is 22.7. The highest BCUT2D eigenvalue weighted by Crippen LogP contribution is 2.30. The van der Waals surface area contributed by atoms with Gasteiger partial charge in [-0.2, -0.15) is 0 Å². The fourth-order valence-corrected chi connectivity index (χ4v) is 3.57. The summed E-state index contributed by atoms with van der Waals surface area (Å²) in [6.07, 6.45) is 1.88. The van der Waals surface area contributed by atoms with Gasteiger partial charge in [0.25, 0.3) is 0 Å². The topological polar surface area (TPSA) is 40.6 Å². The Bertz CT molecular complexity index is 619. The number of Topliss-reactive ketones (excluding diaryl/α,β-unsaturated/α-hetero) is 1. The molecule has 4 nitrogen and oxygen atoms in total. The van der Waals surface area contributed by atoms with Gasteiger partial charge < -0.3 is 4.90 Å². The Labute approximate surface area is 135 Å². The van der Waals surface area contributed by atoms with Gasteiger partial charge in [0.2, 0.25) is 5.12 Å². The highest BCUT2D eigenvalue weighted by atomic mass is 32.2. The van der Waals surface area contributed by atoms with Gasteiger partial charge in [0.15, 0.2) is 5.78 Å². The summed E-state index contributed by atoms with van der Waals surface area (Å²) in [5.41, 5.74) is 2.25. The monoisotopic (exact) mass is 316 g/mol. The maximum absolute atomic E-state index is 11.7. The predicted molar refractivity (Wildman–Crippen MR) is 89.4 cm³/mol. The average Bonchev–Trinajstić information content (AvgIpc) is 2.80. The van der Waals surface area contributed by atoms with Crippen LogP contribution < -0.4 is 0 Å². The summed E-state index contributed by atoms with van der Waals surface area (Å²) < 4.78 is 0. The fourth-order valence-electron chi connectivity index (χ4n) is 2.74. The second-order valence-corrected chi connectivity index (χ2v) is 7.01. The lowest BCUT2D eigenvalue weighted by Gasteiger charge is -2.32. The summed E-state index contributed by atoms with van der Waals surface area (Å²) in [6.45, 7) is 5.33. The number of ketones is 1. The van der Waals surface area contributed by atoms with Crippen LogP contribution in [0.25, 0.3) is 6.08 Å². The summed E-state index contributed by atoms with van der Waals surface area (Å²) in [7, 11) is 2.15. The first-order chi connectivity index (χ1) is 10.6. The van der Waals surface area contributed by atoms with Gasteiger partial charge in [-0.3, -0.25) is 14.5 Å². The number of hydrogen-bond acceptors (Lipinski definition) is 5. The predicted octanol–water partition coefficient (Wildman–Crippen LogP) is 2.01. The molecule has 0 spiro atoms. The van der Waals surface area contributed by atoms with E-state index in [1.165, 1.54) is 5.56 Å². The van der Waals surface area contributed by atoms with E-state index >= 15 is 0 Å². The zero-order valence-corrected chi connectivity index (χ0v) is 13.6. The lowest BCUT2D eigenvalue weighted by atomic mass is 10.1. The van der Waals surface area contributed by atoms with Crippen LogP contribution in [-0.2, 0) is 16.1 Å². The molecule has 2 aliphatic rings. The van der Waals surface area contributed by atoms with Crippen LogP contribution in [0.2, 0.25) is 0 Å². The van der Waals surface area contributed by atoms with E-state index < -0.39 is 0 Å². The number of thioether (sulfide) groups is 1. The summed E-state index contributed by atoms with van der Waals surface area (Å²) >= 11 is 1.07. The van der Waals surface area contributed by atoms with Crippen LogP contribution in [0.15, 0.2) is 29.2 Å². The highest BCUT2D eigenvalue weighted by molar-refractivity contribution is 8.18. The standard InChI is InChI=1S/C17H20N2O2S/c1-18-5-7-19(8-6-18)12-14-4-2-3-13(9-14)10-16-15(20)11-17(21)22-16/h2-4,9-10H,5-8,11-12H2,1H3/b16-10-. The summed E-state index contributed by atoms with van der Waals surface area (Å²) in [5.74, 6) is -0.0560. The number of carbonyl (C=O) groups is 2. The second-order valence-electron chi connectivity index (χ2n) is 5.91. The Kier molecular flexibility index (Phi) is 4.76. The van der Waals surface area contributed by atoms with Crippen LogP contribution in [0, 0.1) is 0 Å². The minimum Gasteiger partial charge on any atom is -0.304 e. The molecule has 0 amide bonds. The molecule has 0 saturated carbocycles. The van der Waals surface area contributed by atoms with Crippen LogP contribution in [0.5, 0.6) is 0 Å². The number of rotatable bonds is 3. The summed E-state index contributed by atoms with van der Waals surface area (Å²) in [4.78, 5) is 28.4. The van der Waals surface area contributed by atoms with E-state index in [4.69, 9.17) is 0 Å². The van der Waals surface area contributed by atoms with Gasteiger partial charge in [-0.25, -0.2) is 0 Å². The first kappa shape index (κ1) is 15.5. The van der Waals surface area contributed by atoms with Crippen molar-refractivity contribution >= 4 is 28.7 Å². The number of nitrogens with zero attached hydrogens (tertiary/aromatic N) is 2. The van der Waals surface area contributed by atoms with Gasteiger partial charge in [-0.05, 0) is 36.0 Å². The van der Waals surface area contributed by atoms with E-state index in [1.807, 2.05) is 18.2 Å². The molecule has 0 atom stereocenters.